The Morgan fingerprint density at radius 1 is 0.561 bits per heavy atom. The fourth-order valence-electron chi connectivity index (χ4n) is 9.22. The molecule has 0 saturated heterocycles. The summed E-state index contributed by atoms with van der Waals surface area (Å²) in [5, 5.41) is 1.67. The van der Waals surface area contributed by atoms with E-state index in [9.17, 15) is 0 Å². The Kier molecular flexibility index (Phi) is 11.8. The maximum atomic E-state index is 3.40. The summed E-state index contributed by atoms with van der Waals surface area (Å²) in [6.45, 7) is 12.3. The smallest absolute Gasteiger partial charge is 0.0820 e. The van der Waals surface area contributed by atoms with Crippen LogP contribution in [0.2, 0.25) is 19.6 Å². The number of rotatable bonds is 9. The van der Waals surface area contributed by atoms with Crippen LogP contribution in [-0.2, 0) is 0 Å². The third-order valence-corrected chi connectivity index (χ3v) is 25.9. The second-order valence-electron chi connectivity index (χ2n) is 15.6. The van der Waals surface area contributed by atoms with Crippen molar-refractivity contribution in [2.75, 3.05) is 13.3 Å². The Hall–Kier alpha value is 0.0869. The molecule has 1 aromatic carbocycles. The summed E-state index contributed by atoms with van der Waals surface area (Å²) in [6.07, 6.45) is 29.2. The van der Waals surface area contributed by atoms with Gasteiger partial charge in [0.25, 0.3) is 0 Å². The maximum Gasteiger partial charge on any atom is 0.0820 e. The van der Waals surface area contributed by atoms with Crippen molar-refractivity contribution in [3.63, 3.8) is 0 Å². The van der Waals surface area contributed by atoms with Gasteiger partial charge in [0.15, 0.2) is 0 Å². The summed E-state index contributed by atoms with van der Waals surface area (Å²) in [5.41, 5.74) is 0. The molecule has 1 aromatic rings. The van der Waals surface area contributed by atoms with Crippen molar-refractivity contribution >= 4 is 33.1 Å². The molecule has 0 amide bonds. The van der Waals surface area contributed by atoms with E-state index in [1.54, 1.807) is 5.30 Å². The summed E-state index contributed by atoms with van der Waals surface area (Å²) in [4.78, 5) is 0. The third kappa shape index (κ3) is 7.85. The molecule has 4 fully saturated rings. The number of nitrogens with zero attached hydrogens (tertiary/aromatic N) is 2. The van der Waals surface area contributed by atoms with Gasteiger partial charge < -0.3 is 0 Å². The SMILES string of the molecule is C[Si](C)(C)C(P(N(C1CCCCC1)C1CCCCC1)N(C1CCCCC1)C1CCCCC1)=P(C)(C)c1ccccc1. The lowest BCUT2D eigenvalue weighted by Crippen LogP contribution is -2.54. The van der Waals surface area contributed by atoms with E-state index in [0.717, 1.165) is 24.2 Å². The number of hydrogen-bond acceptors (Lipinski definition) is 2. The molecule has 0 spiro atoms. The molecule has 232 valence electrons. The summed E-state index contributed by atoms with van der Waals surface area (Å²) < 4.78 is 8.92. The van der Waals surface area contributed by atoms with E-state index in [4.69, 9.17) is 0 Å². The van der Waals surface area contributed by atoms with Crippen LogP contribution in [0.3, 0.4) is 0 Å². The van der Waals surface area contributed by atoms with E-state index in [1.165, 1.54) is 128 Å². The second-order valence-corrected chi connectivity index (χ2v) is 27.6. The normalized spacial score (nSPS) is 23.5. The van der Waals surface area contributed by atoms with Gasteiger partial charge in [-0.25, -0.2) is 0 Å². The Morgan fingerprint density at radius 3 is 1.17 bits per heavy atom. The molecule has 0 radical (unpaired) electrons. The fraction of sp³-hybridized carbons (Fsp3) is 0.806. The Morgan fingerprint density at radius 2 is 0.878 bits per heavy atom. The van der Waals surface area contributed by atoms with Crippen LogP contribution in [0.5, 0.6) is 0 Å². The minimum atomic E-state index is -1.64. The molecule has 0 unspecified atom stereocenters. The first kappa shape index (κ1) is 32.5. The quantitative estimate of drug-likeness (QED) is 0.202. The fourth-order valence-corrected chi connectivity index (χ4v) is 26.2. The van der Waals surface area contributed by atoms with Crippen LogP contribution in [-0.4, -0.2) is 59.6 Å². The lowest BCUT2D eigenvalue weighted by atomic mass is 9.90. The zero-order valence-corrected chi connectivity index (χ0v) is 30.4. The lowest BCUT2D eigenvalue weighted by Gasteiger charge is -2.57. The molecular weight excluding hydrogens is 550 g/mol. The lowest BCUT2D eigenvalue weighted by molar-refractivity contribution is 0.136. The van der Waals surface area contributed by atoms with E-state index in [2.05, 4.69) is 77.3 Å². The zero-order chi connectivity index (χ0) is 28.9. The van der Waals surface area contributed by atoms with Crippen LogP contribution < -0.4 is 5.30 Å². The predicted molar refractivity (Wildman–Crippen MR) is 191 cm³/mol. The monoisotopic (exact) mass is 614 g/mol. The molecule has 0 N–H and O–H groups in total. The van der Waals surface area contributed by atoms with Gasteiger partial charge in [-0.05, 0) is 74.7 Å². The van der Waals surface area contributed by atoms with Crippen molar-refractivity contribution in [1.29, 1.82) is 0 Å². The molecule has 0 bridgehead atoms. The van der Waals surface area contributed by atoms with Gasteiger partial charge in [0.1, 0.15) is 0 Å². The van der Waals surface area contributed by atoms with Gasteiger partial charge in [-0.15, -0.1) is 0 Å². The Bertz CT molecular complexity index is 899. The standard InChI is InChI=1S/C36H64N2P2Si/c1-40(2,35-29-19-10-20-30-35)36(41(3,4)5)39(37(31-21-11-6-12-22-31)32-23-13-7-14-24-32)38(33-25-15-8-16-26-33)34-27-17-9-18-28-34/h10,19-20,29-34H,6-9,11-18,21-28H2,1-5H3. The molecule has 4 saturated carbocycles. The van der Waals surface area contributed by atoms with Crippen molar-refractivity contribution < 1.29 is 0 Å². The van der Waals surface area contributed by atoms with Crippen molar-refractivity contribution in [1.82, 2.24) is 9.34 Å². The predicted octanol–water partition coefficient (Wildman–Crippen LogP) is 10.8. The number of hydrogen-bond donors (Lipinski definition) is 0. The highest BCUT2D eigenvalue weighted by molar-refractivity contribution is 8.03. The molecule has 41 heavy (non-hydrogen) atoms. The highest BCUT2D eigenvalue weighted by atomic mass is 31.2. The summed E-state index contributed by atoms with van der Waals surface area (Å²) in [7, 11) is -2.08. The molecule has 5 rings (SSSR count). The van der Waals surface area contributed by atoms with Crippen molar-refractivity contribution in [2.24, 2.45) is 0 Å². The topological polar surface area (TPSA) is 6.48 Å². The van der Waals surface area contributed by atoms with E-state index in [1.807, 2.05) is 0 Å². The van der Waals surface area contributed by atoms with E-state index in [0.29, 0.717) is 0 Å². The van der Waals surface area contributed by atoms with Gasteiger partial charge >= 0.3 is 0 Å². The minimum absolute atomic E-state index is 0.448. The van der Waals surface area contributed by atoms with Crippen molar-refractivity contribution in [3.8, 4) is 0 Å². The van der Waals surface area contributed by atoms with Crippen LogP contribution in [0.1, 0.15) is 128 Å². The summed E-state index contributed by atoms with van der Waals surface area (Å²) in [6, 6.07) is 15.2. The molecule has 4 aliphatic rings. The Labute approximate surface area is 257 Å². The van der Waals surface area contributed by atoms with Gasteiger partial charge in [0, 0.05) is 24.2 Å². The average Bonchev–Trinajstić information content (AvgIpc) is 2.99. The number of benzene rings is 1. The molecule has 0 aromatic heterocycles. The molecule has 0 heterocycles. The first-order valence-electron chi connectivity index (χ1n) is 17.9. The average molecular weight is 615 g/mol. The van der Waals surface area contributed by atoms with E-state index in [-0.39, 0.29) is 0 Å². The van der Waals surface area contributed by atoms with Crippen LogP contribution in [0.15, 0.2) is 30.3 Å². The van der Waals surface area contributed by atoms with Gasteiger partial charge in [0.2, 0.25) is 0 Å². The van der Waals surface area contributed by atoms with Gasteiger partial charge in [-0.2, -0.15) is 0 Å². The summed E-state index contributed by atoms with van der Waals surface area (Å²) >= 11 is 0. The van der Waals surface area contributed by atoms with Crippen molar-refractivity contribution in [2.45, 2.75) is 172 Å². The van der Waals surface area contributed by atoms with Crippen LogP contribution in [0, 0.1) is 0 Å². The molecule has 2 nitrogen and oxygen atoms in total. The van der Waals surface area contributed by atoms with Crippen LogP contribution in [0.4, 0.5) is 0 Å². The van der Waals surface area contributed by atoms with Crippen molar-refractivity contribution in [3.05, 3.63) is 30.3 Å². The van der Waals surface area contributed by atoms with Crippen LogP contribution >= 0.6 is 15.1 Å². The van der Waals surface area contributed by atoms with Gasteiger partial charge in [-0.1, -0.05) is 134 Å². The first-order valence-corrected chi connectivity index (χ1v) is 25.4. The minimum Gasteiger partial charge on any atom is -0.261 e. The van der Waals surface area contributed by atoms with E-state index < -0.39 is 23.2 Å². The molecule has 5 heteroatoms. The molecule has 0 atom stereocenters. The highest BCUT2D eigenvalue weighted by Crippen LogP contribution is 2.64. The first-order chi connectivity index (χ1) is 19.8. The molecule has 0 aliphatic heterocycles. The van der Waals surface area contributed by atoms with Crippen LogP contribution in [0.25, 0.3) is 0 Å². The second kappa shape index (κ2) is 14.9. The zero-order valence-electron chi connectivity index (χ0n) is 27.6. The molecule has 4 aliphatic carbocycles. The molecular formula is C36H64N2P2Si. The third-order valence-electron chi connectivity index (χ3n) is 11.0. The highest BCUT2D eigenvalue weighted by Gasteiger charge is 2.48. The maximum absolute atomic E-state index is 3.40. The van der Waals surface area contributed by atoms with Gasteiger partial charge in [-0.3, -0.25) is 9.34 Å². The summed E-state index contributed by atoms with van der Waals surface area (Å²) in [5.74, 6) is 0. The Balaban J connectivity index is 1.76. The van der Waals surface area contributed by atoms with Gasteiger partial charge in [0.05, 0.1) is 16.3 Å². The van der Waals surface area contributed by atoms with E-state index >= 15 is 0 Å². The largest absolute Gasteiger partial charge is 0.261 e.